The van der Waals surface area contributed by atoms with Crippen molar-refractivity contribution in [1.29, 1.82) is 0 Å². The second-order valence-electron chi connectivity index (χ2n) is 4.08. The molecule has 1 aromatic carbocycles. The summed E-state index contributed by atoms with van der Waals surface area (Å²) in [5.74, 6) is -1.05. The first-order valence-corrected chi connectivity index (χ1v) is 6.00. The number of benzene rings is 1. The van der Waals surface area contributed by atoms with Gasteiger partial charge in [-0.25, -0.2) is 9.97 Å². The number of hydrazine groups is 1. The van der Waals surface area contributed by atoms with E-state index in [1.807, 2.05) is 30.3 Å². The topological polar surface area (TPSA) is 121 Å². The summed E-state index contributed by atoms with van der Waals surface area (Å²) in [6.45, 7) is -0.370. The monoisotopic (exact) mass is 287 g/mol. The molecule has 0 unspecified atom stereocenters. The van der Waals surface area contributed by atoms with E-state index in [4.69, 9.17) is 5.73 Å². The first-order valence-electron chi connectivity index (χ1n) is 6.00. The summed E-state index contributed by atoms with van der Waals surface area (Å²) in [7, 11) is 0. The molecule has 8 nitrogen and oxygen atoms in total. The summed E-state index contributed by atoms with van der Waals surface area (Å²) in [4.78, 5) is 30.5. The maximum Gasteiger partial charge on any atom is 0.295 e. The van der Waals surface area contributed by atoms with E-state index in [1.54, 1.807) is 0 Å². The summed E-state index contributed by atoms with van der Waals surface area (Å²) in [6, 6.07) is 9.24. The lowest BCUT2D eigenvalue weighted by atomic mass is 10.2. The molecule has 0 saturated carbocycles. The van der Waals surface area contributed by atoms with Crippen LogP contribution in [0.1, 0.15) is 10.4 Å². The predicted octanol–water partition coefficient (Wildman–Crippen LogP) is -0.0351. The Balaban J connectivity index is 2.08. The summed E-state index contributed by atoms with van der Waals surface area (Å²) in [5.41, 5.74) is 7.90. The molecule has 2 rings (SSSR count). The molecular formula is C13H13N5O3. The number of carbonyl (C=O) groups excluding carboxylic acids is 2. The zero-order chi connectivity index (χ0) is 15.2. The molecule has 1 heterocycles. The van der Waals surface area contributed by atoms with Crippen LogP contribution in [0.25, 0.3) is 11.4 Å². The van der Waals surface area contributed by atoms with Crippen LogP contribution in [0.5, 0.6) is 0 Å². The molecule has 8 heteroatoms. The largest absolute Gasteiger partial charge is 0.369 e. The number of carbonyl (C=O) groups is 2. The molecule has 0 saturated heterocycles. The second kappa shape index (κ2) is 6.55. The number of hydroxylamine groups is 1. The van der Waals surface area contributed by atoms with Gasteiger partial charge in [-0.2, -0.15) is 5.43 Å². The first-order chi connectivity index (χ1) is 10.1. The zero-order valence-electron chi connectivity index (χ0n) is 10.9. The Bertz CT molecular complexity index is 630. The van der Waals surface area contributed by atoms with Gasteiger partial charge in [-0.05, 0) is 0 Å². The highest BCUT2D eigenvalue weighted by Crippen LogP contribution is 2.13. The van der Waals surface area contributed by atoms with Gasteiger partial charge in [0.05, 0.1) is 12.1 Å². The fourth-order valence-corrected chi connectivity index (χ4v) is 1.52. The Kier molecular flexibility index (Phi) is 4.54. The summed E-state index contributed by atoms with van der Waals surface area (Å²) < 4.78 is 0. The first kappa shape index (κ1) is 14.6. The number of hydrogen-bond donors (Lipinski definition) is 3. The lowest BCUT2D eigenvalue weighted by Crippen LogP contribution is -2.44. The average molecular weight is 287 g/mol. The fourth-order valence-electron chi connectivity index (χ4n) is 1.52. The van der Waals surface area contributed by atoms with Crippen LogP contribution in [0.15, 0.2) is 42.7 Å². The van der Waals surface area contributed by atoms with Crippen LogP contribution in [-0.4, -0.2) is 38.7 Å². The molecular weight excluding hydrogens is 274 g/mol. The minimum atomic E-state index is -0.795. The highest BCUT2D eigenvalue weighted by molar-refractivity contribution is 5.92. The normalized spacial score (nSPS) is 10.1. The van der Waals surface area contributed by atoms with Gasteiger partial charge < -0.3 is 5.73 Å². The number of nitrogens with zero attached hydrogens (tertiary/aromatic N) is 3. The molecule has 0 spiro atoms. The minimum absolute atomic E-state index is 0.0640. The summed E-state index contributed by atoms with van der Waals surface area (Å²) in [5, 5.41) is 9.59. The van der Waals surface area contributed by atoms with Crippen molar-refractivity contribution in [3.63, 3.8) is 0 Å². The molecule has 2 aromatic rings. The van der Waals surface area contributed by atoms with Crippen molar-refractivity contribution in [2.45, 2.75) is 0 Å². The van der Waals surface area contributed by atoms with Crippen LogP contribution in [0.2, 0.25) is 0 Å². The third kappa shape index (κ3) is 3.81. The molecule has 0 fully saturated rings. The van der Waals surface area contributed by atoms with Crippen LogP contribution in [0, 0.1) is 0 Å². The van der Waals surface area contributed by atoms with Crippen LogP contribution in [0.3, 0.4) is 0 Å². The smallest absolute Gasteiger partial charge is 0.295 e. The molecule has 0 atom stereocenters. The molecule has 0 radical (unpaired) electrons. The third-order valence-corrected chi connectivity index (χ3v) is 2.53. The van der Waals surface area contributed by atoms with Crippen molar-refractivity contribution in [3.8, 4) is 11.4 Å². The Morgan fingerprint density at radius 3 is 2.38 bits per heavy atom. The predicted molar refractivity (Wildman–Crippen MR) is 72.6 cm³/mol. The van der Waals surface area contributed by atoms with E-state index >= 15 is 0 Å². The summed E-state index contributed by atoms with van der Waals surface area (Å²) >= 11 is 0. The van der Waals surface area contributed by atoms with Gasteiger partial charge in [0.1, 0.15) is 0 Å². The van der Waals surface area contributed by atoms with Crippen molar-refractivity contribution in [2.24, 2.45) is 5.73 Å². The van der Waals surface area contributed by atoms with Gasteiger partial charge in [0.25, 0.3) is 5.91 Å². The minimum Gasteiger partial charge on any atom is -0.369 e. The molecule has 0 bridgehead atoms. The van der Waals surface area contributed by atoms with Crippen LogP contribution < -0.4 is 11.2 Å². The standard InChI is InChI=1S/C13H13N5O3/c14-11(19)8-17-18(21)13(20)10-6-15-12(16-7-10)9-4-2-1-3-5-9/h1-7,17,21H,8H2,(H2,14,19). The van der Waals surface area contributed by atoms with Crippen molar-refractivity contribution in [3.05, 3.63) is 48.3 Å². The number of primary amides is 1. The SMILES string of the molecule is NC(=O)CNN(O)C(=O)c1cnc(-c2ccccc2)nc1. The number of nitrogens with one attached hydrogen (secondary N) is 1. The maximum atomic E-state index is 11.8. The van der Waals surface area contributed by atoms with Gasteiger partial charge in [-0.1, -0.05) is 30.3 Å². The molecule has 21 heavy (non-hydrogen) atoms. The van der Waals surface area contributed by atoms with Crippen molar-refractivity contribution in [1.82, 2.24) is 20.6 Å². The van der Waals surface area contributed by atoms with Crippen molar-refractivity contribution < 1.29 is 14.8 Å². The average Bonchev–Trinajstić information content (AvgIpc) is 2.53. The highest BCUT2D eigenvalue weighted by atomic mass is 16.6. The van der Waals surface area contributed by atoms with Crippen molar-refractivity contribution >= 4 is 11.8 Å². The Morgan fingerprint density at radius 2 is 1.81 bits per heavy atom. The van der Waals surface area contributed by atoms with Gasteiger partial charge in [0.15, 0.2) is 5.82 Å². The molecule has 0 aliphatic heterocycles. The van der Waals surface area contributed by atoms with E-state index < -0.39 is 11.8 Å². The molecule has 0 aliphatic carbocycles. The number of aromatic nitrogens is 2. The molecule has 1 aromatic heterocycles. The number of amides is 2. The van der Waals surface area contributed by atoms with Gasteiger partial charge in [0, 0.05) is 18.0 Å². The van der Waals surface area contributed by atoms with Gasteiger partial charge in [0.2, 0.25) is 5.91 Å². The quantitative estimate of drug-likeness (QED) is 0.524. The van der Waals surface area contributed by atoms with E-state index in [-0.39, 0.29) is 17.3 Å². The van der Waals surface area contributed by atoms with Crippen LogP contribution >= 0.6 is 0 Å². The second-order valence-corrected chi connectivity index (χ2v) is 4.08. The zero-order valence-corrected chi connectivity index (χ0v) is 10.9. The fraction of sp³-hybridized carbons (Fsp3) is 0.0769. The van der Waals surface area contributed by atoms with Gasteiger partial charge in [-0.15, -0.1) is 5.17 Å². The lowest BCUT2D eigenvalue weighted by molar-refractivity contribution is -0.125. The highest BCUT2D eigenvalue weighted by Gasteiger charge is 2.15. The molecule has 108 valence electrons. The number of rotatable bonds is 5. The maximum absolute atomic E-state index is 11.8. The molecule has 4 N–H and O–H groups in total. The Morgan fingerprint density at radius 1 is 1.19 bits per heavy atom. The van der Waals surface area contributed by atoms with Crippen molar-refractivity contribution in [2.75, 3.05) is 6.54 Å². The van der Waals surface area contributed by atoms with E-state index in [9.17, 15) is 14.8 Å². The molecule has 0 aliphatic rings. The van der Waals surface area contributed by atoms with Gasteiger partial charge >= 0.3 is 0 Å². The van der Waals surface area contributed by atoms with Crippen LogP contribution in [0.4, 0.5) is 0 Å². The van der Waals surface area contributed by atoms with E-state index in [1.165, 1.54) is 12.4 Å². The Labute approximate surface area is 120 Å². The van der Waals surface area contributed by atoms with E-state index in [0.717, 1.165) is 5.56 Å². The van der Waals surface area contributed by atoms with E-state index in [0.29, 0.717) is 5.82 Å². The van der Waals surface area contributed by atoms with Gasteiger partial charge in [-0.3, -0.25) is 14.8 Å². The number of nitrogens with two attached hydrogens (primary N) is 1. The molecule has 2 amide bonds. The van der Waals surface area contributed by atoms with E-state index in [2.05, 4.69) is 15.4 Å². The lowest BCUT2D eigenvalue weighted by Gasteiger charge is -2.14. The number of hydrogen-bond acceptors (Lipinski definition) is 6. The Hall–Kier alpha value is -2.84. The third-order valence-electron chi connectivity index (χ3n) is 2.53. The summed E-state index contributed by atoms with van der Waals surface area (Å²) in [6.07, 6.45) is 2.57. The van der Waals surface area contributed by atoms with Crippen LogP contribution in [-0.2, 0) is 4.79 Å².